The van der Waals surface area contributed by atoms with Crippen molar-refractivity contribution in [3.8, 4) is 11.1 Å². The number of nitrogens with two attached hydrogens (primary N) is 1. The van der Waals surface area contributed by atoms with Crippen LogP contribution in [0.3, 0.4) is 0 Å². The van der Waals surface area contributed by atoms with E-state index in [9.17, 15) is 14.0 Å². The summed E-state index contributed by atoms with van der Waals surface area (Å²) in [5.74, 6) is -1.19. The molecule has 2 aromatic rings. The van der Waals surface area contributed by atoms with Crippen molar-refractivity contribution >= 4 is 23.6 Å². The van der Waals surface area contributed by atoms with Crippen molar-refractivity contribution in [2.24, 2.45) is 5.73 Å². The molecule has 0 unspecified atom stereocenters. The first kappa shape index (κ1) is 20.7. The van der Waals surface area contributed by atoms with Crippen LogP contribution in [-0.2, 0) is 21.6 Å². The number of halogens is 2. The Hall–Kier alpha value is -2.58. The molecule has 0 atom stereocenters. The Bertz CT molecular complexity index is 1040. The molecule has 0 saturated carbocycles. The standard InChI is InChI=1S/C21H23ClFN3O4/c1-20(2,3)30-19(28)25-8-16-17(18(24)27)13(12-4-5-15(23)14(22)6-12)7-26(16)21(9-25)10-29-11-21/h4-7H,8-11H2,1-3H3,(H2,24,27). The number of carbonyl (C=O) groups is 2. The highest BCUT2D eigenvalue weighted by Gasteiger charge is 2.49. The molecule has 7 nitrogen and oxygen atoms in total. The molecule has 1 fully saturated rings. The lowest BCUT2D eigenvalue weighted by Crippen LogP contribution is -2.62. The monoisotopic (exact) mass is 435 g/mol. The summed E-state index contributed by atoms with van der Waals surface area (Å²) in [5.41, 5.74) is 6.54. The van der Waals surface area contributed by atoms with E-state index in [4.69, 9.17) is 26.8 Å². The Kier molecular flexibility index (Phi) is 4.82. The Balaban J connectivity index is 1.82. The maximum Gasteiger partial charge on any atom is 0.410 e. The van der Waals surface area contributed by atoms with Crippen LogP contribution in [0, 0.1) is 5.82 Å². The summed E-state index contributed by atoms with van der Waals surface area (Å²) >= 11 is 5.96. The van der Waals surface area contributed by atoms with E-state index in [2.05, 4.69) is 0 Å². The van der Waals surface area contributed by atoms with Gasteiger partial charge in [-0.15, -0.1) is 0 Å². The molecule has 3 heterocycles. The summed E-state index contributed by atoms with van der Waals surface area (Å²) in [6, 6.07) is 4.25. The Morgan fingerprint density at radius 1 is 1.30 bits per heavy atom. The van der Waals surface area contributed by atoms with Crippen molar-refractivity contribution in [3.05, 3.63) is 46.5 Å². The molecule has 30 heavy (non-hydrogen) atoms. The third-order valence-electron chi connectivity index (χ3n) is 5.31. The maximum absolute atomic E-state index is 13.7. The van der Waals surface area contributed by atoms with E-state index in [-0.39, 0.29) is 17.1 Å². The number of hydrogen-bond donors (Lipinski definition) is 1. The topological polar surface area (TPSA) is 86.8 Å². The van der Waals surface area contributed by atoms with Gasteiger partial charge >= 0.3 is 6.09 Å². The highest BCUT2D eigenvalue weighted by Crippen LogP contribution is 2.40. The molecule has 0 radical (unpaired) electrons. The van der Waals surface area contributed by atoms with Crippen LogP contribution in [0.2, 0.25) is 5.02 Å². The number of fused-ring (bicyclic) bond motifs is 2. The van der Waals surface area contributed by atoms with Gasteiger partial charge in [0.25, 0.3) is 5.91 Å². The smallest absolute Gasteiger partial charge is 0.410 e. The lowest BCUT2D eigenvalue weighted by Gasteiger charge is -2.49. The van der Waals surface area contributed by atoms with Crippen molar-refractivity contribution in [3.63, 3.8) is 0 Å². The van der Waals surface area contributed by atoms with Gasteiger partial charge in [0, 0.05) is 11.8 Å². The molecular formula is C21H23ClFN3O4. The second kappa shape index (κ2) is 6.99. The number of benzene rings is 1. The molecular weight excluding hydrogens is 413 g/mol. The van der Waals surface area contributed by atoms with Crippen LogP contribution in [-0.4, -0.2) is 46.8 Å². The molecule has 2 aliphatic rings. The van der Waals surface area contributed by atoms with Gasteiger partial charge in [0.15, 0.2) is 0 Å². The number of aromatic nitrogens is 1. The van der Waals surface area contributed by atoms with Crippen LogP contribution in [0.1, 0.15) is 36.8 Å². The second-order valence-corrected chi connectivity index (χ2v) is 9.19. The molecule has 4 rings (SSSR count). The minimum absolute atomic E-state index is 0.0517. The zero-order valence-electron chi connectivity index (χ0n) is 17.0. The number of hydrogen-bond acceptors (Lipinski definition) is 4. The first-order valence-corrected chi connectivity index (χ1v) is 9.94. The van der Waals surface area contributed by atoms with Crippen molar-refractivity contribution < 1.29 is 23.5 Å². The Morgan fingerprint density at radius 3 is 2.53 bits per heavy atom. The highest BCUT2D eigenvalue weighted by atomic mass is 35.5. The largest absolute Gasteiger partial charge is 0.444 e. The second-order valence-electron chi connectivity index (χ2n) is 8.78. The molecule has 1 aromatic heterocycles. The number of ether oxygens (including phenoxy) is 2. The molecule has 9 heteroatoms. The third kappa shape index (κ3) is 3.44. The normalized spacial score (nSPS) is 17.4. The van der Waals surface area contributed by atoms with Crippen LogP contribution in [0.25, 0.3) is 11.1 Å². The zero-order valence-corrected chi connectivity index (χ0v) is 17.8. The molecule has 2 N–H and O–H groups in total. The molecule has 1 spiro atoms. The van der Waals surface area contributed by atoms with Crippen molar-refractivity contribution in [2.75, 3.05) is 19.8 Å². The van der Waals surface area contributed by atoms with E-state index in [1.54, 1.807) is 31.7 Å². The van der Waals surface area contributed by atoms with Crippen LogP contribution in [0.5, 0.6) is 0 Å². The third-order valence-corrected chi connectivity index (χ3v) is 5.60. The molecule has 2 aliphatic heterocycles. The summed E-state index contributed by atoms with van der Waals surface area (Å²) in [7, 11) is 0. The number of rotatable bonds is 2. The van der Waals surface area contributed by atoms with E-state index >= 15 is 0 Å². The molecule has 1 aromatic carbocycles. The van der Waals surface area contributed by atoms with Gasteiger partial charge in [-0.3, -0.25) is 9.69 Å². The van der Waals surface area contributed by atoms with E-state index in [0.29, 0.717) is 36.6 Å². The van der Waals surface area contributed by atoms with Crippen LogP contribution < -0.4 is 5.73 Å². The van der Waals surface area contributed by atoms with Gasteiger partial charge in [0.05, 0.1) is 42.6 Å². The minimum atomic E-state index is -0.650. The van der Waals surface area contributed by atoms with Gasteiger partial charge in [-0.25, -0.2) is 9.18 Å². The first-order chi connectivity index (χ1) is 14.0. The molecule has 2 amide bonds. The molecule has 0 aliphatic carbocycles. The average Bonchev–Trinajstić information content (AvgIpc) is 3.00. The lowest BCUT2D eigenvalue weighted by atomic mass is 9.93. The fourth-order valence-corrected chi connectivity index (χ4v) is 4.16. The van der Waals surface area contributed by atoms with Gasteiger partial charge < -0.3 is 19.8 Å². The molecule has 0 bridgehead atoms. The zero-order chi connectivity index (χ0) is 21.8. The van der Waals surface area contributed by atoms with Gasteiger partial charge in [0.1, 0.15) is 17.0 Å². The van der Waals surface area contributed by atoms with Crippen molar-refractivity contribution in [1.82, 2.24) is 9.47 Å². The van der Waals surface area contributed by atoms with E-state index in [1.807, 2.05) is 10.8 Å². The number of amides is 2. The fraction of sp³-hybridized carbons (Fsp3) is 0.429. The Morgan fingerprint density at radius 2 is 2.00 bits per heavy atom. The lowest BCUT2D eigenvalue weighted by molar-refractivity contribution is -0.125. The first-order valence-electron chi connectivity index (χ1n) is 9.56. The van der Waals surface area contributed by atoms with Crippen molar-refractivity contribution in [1.29, 1.82) is 0 Å². The SMILES string of the molecule is CC(C)(C)OC(=O)N1Cc2c(C(N)=O)c(-c3ccc(F)c(Cl)c3)cn2C2(COC2)C1. The summed E-state index contributed by atoms with van der Waals surface area (Å²) in [4.78, 5) is 26.8. The van der Waals surface area contributed by atoms with Gasteiger partial charge in [-0.05, 0) is 38.5 Å². The number of carbonyl (C=O) groups excluding carboxylic acids is 2. The molecule has 1 saturated heterocycles. The van der Waals surface area contributed by atoms with Crippen LogP contribution in [0.4, 0.5) is 9.18 Å². The number of nitrogens with zero attached hydrogens (tertiary/aromatic N) is 2. The minimum Gasteiger partial charge on any atom is -0.444 e. The van der Waals surface area contributed by atoms with Gasteiger partial charge in [0.2, 0.25) is 0 Å². The summed E-state index contributed by atoms with van der Waals surface area (Å²) in [6.07, 6.45) is 1.34. The van der Waals surface area contributed by atoms with Gasteiger partial charge in [-0.1, -0.05) is 17.7 Å². The highest BCUT2D eigenvalue weighted by molar-refractivity contribution is 6.31. The predicted molar refractivity (Wildman–Crippen MR) is 109 cm³/mol. The quantitative estimate of drug-likeness (QED) is 0.781. The average molecular weight is 436 g/mol. The van der Waals surface area contributed by atoms with E-state index < -0.39 is 29.0 Å². The summed E-state index contributed by atoms with van der Waals surface area (Å²) < 4.78 is 26.6. The van der Waals surface area contributed by atoms with Crippen LogP contribution in [0.15, 0.2) is 24.4 Å². The number of primary amides is 1. The van der Waals surface area contributed by atoms with E-state index in [0.717, 1.165) is 0 Å². The predicted octanol–water partition coefficient (Wildman–Crippen LogP) is 3.52. The van der Waals surface area contributed by atoms with Crippen LogP contribution >= 0.6 is 11.6 Å². The van der Waals surface area contributed by atoms with E-state index in [1.165, 1.54) is 12.1 Å². The van der Waals surface area contributed by atoms with Crippen molar-refractivity contribution in [2.45, 2.75) is 38.5 Å². The fourth-order valence-electron chi connectivity index (χ4n) is 3.98. The van der Waals surface area contributed by atoms with Gasteiger partial charge in [-0.2, -0.15) is 0 Å². The maximum atomic E-state index is 13.7. The summed E-state index contributed by atoms with van der Waals surface area (Å²) in [6.45, 7) is 6.70. The Labute approximate surface area is 178 Å². The molecule has 160 valence electrons. The summed E-state index contributed by atoms with van der Waals surface area (Å²) in [5, 5.41) is -0.0517.